The Hall–Kier alpha value is -0.680. The van der Waals surface area contributed by atoms with Crippen LogP contribution in [0.5, 0.6) is 0 Å². The lowest BCUT2D eigenvalue weighted by molar-refractivity contribution is 0.128. The lowest BCUT2D eigenvalue weighted by Gasteiger charge is -2.11. The van der Waals surface area contributed by atoms with Gasteiger partial charge in [-0.3, -0.25) is 0 Å². The highest BCUT2D eigenvalue weighted by molar-refractivity contribution is 9.10. The van der Waals surface area contributed by atoms with Crippen LogP contribution in [0.15, 0.2) is 4.47 Å². The first-order valence-electron chi connectivity index (χ1n) is 6.09. The Bertz CT molecular complexity index is 358. The van der Waals surface area contributed by atoms with Gasteiger partial charge in [0.15, 0.2) is 5.82 Å². The van der Waals surface area contributed by atoms with Crippen LogP contribution in [-0.4, -0.2) is 23.1 Å². The van der Waals surface area contributed by atoms with Crippen molar-refractivity contribution in [2.75, 3.05) is 18.5 Å². The molecule has 4 nitrogen and oxygen atoms in total. The van der Waals surface area contributed by atoms with Gasteiger partial charge >= 0.3 is 0 Å². The lowest BCUT2D eigenvalue weighted by atomic mass is 10.3. The summed E-state index contributed by atoms with van der Waals surface area (Å²) in [6, 6.07) is 0. The summed E-state index contributed by atoms with van der Waals surface area (Å²) in [5.74, 6) is 1.61. The fraction of sp³-hybridized carbons (Fsp3) is 0.667. The van der Waals surface area contributed by atoms with Crippen molar-refractivity contribution in [3.8, 4) is 0 Å². The number of halogens is 1. The zero-order valence-corrected chi connectivity index (χ0v) is 12.3. The zero-order valence-electron chi connectivity index (χ0n) is 10.7. The smallest absolute Gasteiger partial charge is 0.156 e. The van der Waals surface area contributed by atoms with Gasteiger partial charge in [0.2, 0.25) is 0 Å². The Morgan fingerprint density at radius 2 is 2.00 bits per heavy atom. The third-order valence-corrected chi connectivity index (χ3v) is 3.11. The van der Waals surface area contributed by atoms with Crippen LogP contribution in [0.3, 0.4) is 0 Å². The van der Waals surface area contributed by atoms with E-state index in [1.165, 1.54) is 0 Å². The zero-order chi connectivity index (χ0) is 12.7. The minimum atomic E-state index is 0.470. The van der Waals surface area contributed by atoms with Crippen molar-refractivity contribution in [2.45, 2.75) is 40.2 Å². The number of rotatable bonds is 7. The molecule has 1 aromatic heterocycles. The van der Waals surface area contributed by atoms with E-state index in [4.69, 9.17) is 4.74 Å². The lowest BCUT2D eigenvalue weighted by Crippen LogP contribution is -2.09. The molecular formula is C12H20BrN3O. The first-order valence-corrected chi connectivity index (χ1v) is 6.89. The van der Waals surface area contributed by atoms with Crippen molar-refractivity contribution in [3.63, 3.8) is 0 Å². The average molecular weight is 302 g/mol. The van der Waals surface area contributed by atoms with Crippen LogP contribution < -0.4 is 5.32 Å². The first kappa shape index (κ1) is 14.4. The molecular weight excluding hydrogens is 282 g/mol. The van der Waals surface area contributed by atoms with E-state index in [1.807, 2.05) is 6.92 Å². The fourth-order valence-corrected chi connectivity index (χ4v) is 2.00. The molecule has 0 aliphatic carbocycles. The molecule has 17 heavy (non-hydrogen) atoms. The number of ether oxygens (including phenoxy) is 1. The molecule has 0 atom stereocenters. The predicted octanol–water partition coefficient (Wildman–Crippen LogP) is 3.16. The van der Waals surface area contributed by atoms with Crippen molar-refractivity contribution in [2.24, 2.45) is 0 Å². The van der Waals surface area contributed by atoms with Gasteiger partial charge in [0, 0.05) is 13.2 Å². The van der Waals surface area contributed by atoms with Crippen LogP contribution in [0.4, 0.5) is 5.82 Å². The van der Waals surface area contributed by atoms with Gasteiger partial charge in [-0.1, -0.05) is 13.8 Å². The molecule has 1 N–H and O–H groups in total. The van der Waals surface area contributed by atoms with Crippen molar-refractivity contribution >= 4 is 21.7 Å². The maximum atomic E-state index is 5.35. The summed E-state index contributed by atoms with van der Waals surface area (Å²) >= 11 is 3.55. The molecule has 0 saturated carbocycles. The summed E-state index contributed by atoms with van der Waals surface area (Å²) in [4.78, 5) is 8.94. The summed E-state index contributed by atoms with van der Waals surface area (Å²) in [7, 11) is 0. The van der Waals surface area contributed by atoms with E-state index < -0.39 is 0 Å². The molecule has 0 saturated heterocycles. The van der Waals surface area contributed by atoms with E-state index in [-0.39, 0.29) is 0 Å². The second-order valence-corrected chi connectivity index (χ2v) is 4.46. The fourth-order valence-electron chi connectivity index (χ4n) is 1.40. The SMILES string of the molecule is CCCNc1nc(COCC)nc(CC)c1Br. The van der Waals surface area contributed by atoms with E-state index in [2.05, 4.69) is 45.1 Å². The summed E-state index contributed by atoms with van der Waals surface area (Å²) in [6.07, 6.45) is 1.95. The Morgan fingerprint density at radius 3 is 2.59 bits per heavy atom. The van der Waals surface area contributed by atoms with E-state index >= 15 is 0 Å². The number of hydrogen-bond acceptors (Lipinski definition) is 4. The molecule has 1 rings (SSSR count). The Balaban J connectivity index is 2.92. The summed E-state index contributed by atoms with van der Waals surface area (Å²) in [6.45, 7) is 8.24. The normalized spacial score (nSPS) is 10.6. The van der Waals surface area contributed by atoms with Crippen molar-refractivity contribution in [1.82, 2.24) is 9.97 Å². The number of anilines is 1. The molecule has 0 unspecified atom stereocenters. The standard InChI is InChI=1S/C12H20BrN3O/c1-4-7-14-12-11(13)9(5-2)15-10(16-12)8-17-6-3/h4-8H2,1-3H3,(H,14,15,16). The molecule has 96 valence electrons. The van der Waals surface area contributed by atoms with Gasteiger partial charge in [-0.15, -0.1) is 0 Å². The van der Waals surface area contributed by atoms with E-state index in [1.54, 1.807) is 0 Å². The molecule has 0 radical (unpaired) electrons. The molecule has 0 aliphatic rings. The third-order valence-electron chi connectivity index (χ3n) is 2.28. The molecule has 5 heteroatoms. The van der Waals surface area contributed by atoms with Gasteiger partial charge in [0.05, 0.1) is 10.2 Å². The second-order valence-electron chi connectivity index (χ2n) is 3.67. The largest absolute Gasteiger partial charge is 0.374 e. The van der Waals surface area contributed by atoms with Crippen LogP contribution in [0.25, 0.3) is 0 Å². The third kappa shape index (κ3) is 4.24. The van der Waals surface area contributed by atoms with Crippen LogP contribution in [-0.2, 0) is 17.8 Å². The topological polar surface area (TPSA) is 47.0 Å². The van der Waals surface area contributed by atoms with Crippen molar-refractivity contribution < 1.29 is 4.74 Å². The van der Waals surface area contributed by atoms with Crippen molar-refractivity contribution in [1.29, 1.82) is 0 Å². The van der Waals surface area contributed by atoms with Gasteiger partial charge in [-0.05, 0) is 35.7 Å². The highest BCUT2D eigenvalue weighted by Gasteiger charge is 2.10. The molecule has 0 amide bonds. The van der Waals surface area contributed by atoms with Crippen LogP contribution in [0.2, 0.25) is 0 Å². The summed E-state index contributed by atoms with van der Waals surface area (Å²) < 4.78 is 6.32. The monoisotopic (exact) mass is 301 g/mol. The quantitative estimate of drug-likeness (QED) is 0.840. The van der Waals surface area contributed by atoms with Crippen molar-refractivity contribution in [3.05, 3.63) is 16.0 Å². The predicted molar refractivity (Wildman–Crippen MR) is 73.2 cm³/mol. The minimum absolute atomic E-state index is 0.470. The second kappa shape index (κ2) is 7.61. The summed E-state index contributed by atoms with van der Waals surface area (Å²) in [5, 5.41) is 3.30. The number of aryl methyl sites for hydroxylation is 1. The number of nitrogens with one attached hydrogen (secondary N) is 1. The minimum Gasteiger partial charge on any atom is -0.374 e. The van der Waals surface area contributed by atoms with E-state index in [0.717, 1.165) is 41.2 Å². The Morgan fingerprint density at radius 1 is 1.24 bits per heavy atom. The van der Waals surface area contributed by atoms with Gasteiger partial charge in [0.25, 0.3) is 0 Å². The molecule has 0 spiro atoms. The number of aromatic nitrogens is 2. The first-order chi connectivity index (χ1) is 8.22. The molecule has 1 heterocycles. The van der Waals surface area contributed by atoms with Gasteiger partial charge in [-0.25, -0.2) is 9.97 Å². The Labute approximate surface area is 111 Å². The van der Waals surface area contributed by atoms with E-state index in [0.29, 0.717) is 13.2 Å². The van der Waals surface area contributed by atoms with Crippen LogP contribution in [0, 0.1) is 0 Å². The summed E-state index contributed by atoms with van der Waals surface area (Å²) in [5.41, 5.74) is 1.02. The number of nitrogens with zero attached hydrogens (tertiary/aromatic N) is 2. The average Bonchev–Trinajstić information content (AvgIpc) is 2.35. The van der Waals surface area contributed by atoms with Crippen LogP contribution in [0.1, 0.15) is 38.7 Å². The van der Waals surface area contributed by atoms with Crippen LogP contribution >= 0.6 is 15.9 Å². The molecule has 0 bridgehead atoms. The van der Waals surface area contributed by atoms with E-state index in [9.17, 15) is 0 Å². The highest BCUT2D eigenvalue weighted by atomic mass is 79.9. The van der Waals surface area contributed by atoms with Gasteiger partial charge < -0.3 is 10.1 Å². The van der Waals surface area contributed by atoms with Gasteiger partial charge in [0.1, 0.15) is 12.4 Å². The maximum absolute atomic E-state index is 5.35. The van der Waals surface area contributed by atoms with Gasteiger partial charge in [-0.2, -0.15) is 0 Å². The maximum Gasteiger partial charge on any atom is 0.156 e. The molecule has 1 aromatic rings. The Kier molecular flexibility index (Phi) is 6.44. The molecule has 0 aromatic carbocycles. The molecule has 0 fully saturated rings. The molecule has 0 aliphatic heterocycles. The highest BCUT2D eigenvalue weighted by Crippen LogP contribution is 2.24. The number of hydrogen-bond donors (Lipinski definition) is 1.